The first-order valence-corrected chi connectivity index (χ1v) is 15.5. The Balaban J connectivity index is 2.18. The van der Waals surface area contributed by atoms with E-state index in [1.165, 1.54) is 61.2 Å². The molecule has 3 aromatic carbocycles. The number of allylic oxidation sites excluding steroid dienone is 6. The third-order valence-corrected chi connectivity index (χ3v) is 9.27. The molecule has 1 unspecified atom stereocenters. The predicted octanol–water partition coefficient (Wildman–Crippen LogP) is 8.97. The van der Waals surface area contributed by atoms with Crippen LogP contribution in [0.4, 0.5) is 32.0 Å². The van der Waals surface area contributed by atoms with Crippen molar-refractivity contribution in [2.24, 2.45) is 0 Å². The Kier molecular flexibility index (Phi) is 9.69. The van der Waals surface area contributed by atoms with Gasteiger partial charge < -0.3 is 11.1 Å². The maximum absolute atomic E-state index is 15.9. The van der Waals surface area contributed by atoms with E-state index in [4.69, 9.17) is 17.6 Å². The van der Waals surface area contributed by atoms with Crippen molar-refractivity contribution < 1.29 is 26.3 Å². The third kappa shape index (κ3) is 6.47. The molecule has 0 aliphatic heterocycles. The Bertz CT molecular complexity index is 2060. The van der Waals surface area contributed by atoms with Gasteiger partial charge in [0.2, 0.25) is 5.82 Å². The lowest BCUT2D eigenvalue weighted by Crippen LogP contribution is -2.17. The van der Waals surface area contributed by atoms with Crippen LogP contribution in [-0.4, -0.2) is 14.1 Å². The summed E-state index contributed by atoms with van der Waals surface area (Å²) in [4.78, 5) is 0.158. The lowest BCUT2D eigenvalue weighted by atomic mass is 9.87. The van der Waals surface area contributed by atoms with Gasteiger partial charge in [-0.2, -0.15) is 14.0 Å². The fraction of sp³-hybridized carbons (Fsp3) is 0.222. The SMILES string of the molecule is BC(F)(F)c1ccc(/C(C#C)=C2\C(=C(C#N)c3c(C)c(F)c(C(C)(C)F)c(C)c3S)\C2=C(/C)c2ccc(C(F)(F)P)cc2N)c(C=N)c1. The first kappa shape index (κ1) is 36.7. The second kappa shape index (κ2) is 12.7. The normalized spacial score (nSPS) is 16.6. The van der Waals surface area contributed by atoms with E-state index in [9.17, 15) is 22.8 Å². The van der Waals surface area contributed by atoms with Crippen LogP contribution < -0.4 is 5.73 Å². The molecule has 1 atom stereocenters. The molecule has 0 aromatic heterocycles. The highest BCUT2D eigenvalue weighted by molar-refractivity contribution is 7.80. The summed E-state index contributed by atoms with van der Waals surface area (Å²) in [6, 6.07) is 9.53. The molecule has 12 heteroatoms. The second-order valence-electron chi connectivity index (χ2n) is 12.2. The average molecular weight is 694 g/mol. The van der Waals surface area contributed by atoms with Crippen molar-refractivity contribution in [1.29, 1.82) is 10.7 Å². The summed E-state index contributed by atoms with van der Waals surface area (Å²) in [5.41, 5.74) is 2.39. The van der Waals surface area contributed by atoms with Crippen LogP contribution in [0, 0.1) is 48.7 Å². The zero-order chi connectivity index (χ0) is 36.3. The van der Waals surface area contributed by atoms with E-state index < -0.39 is 23.0 Å². The Morgan fingerprint density at radius 3 is 2.02 bits per heavy atom. The van der Waals surface area contributed by atoms with Crippen LogP contribution in [0.25, 0.3) is 16.7 Å². The van der Waals surface area contributed by atoms with Gasteiger partial charge in [0.25, 0.3) is 5.66 Å². The number of nitrogens with two attached hydrogens (primary N) is 1. The lowest BCUT2D eigenvalue weighted by Gasteiger charge is -2.23. The van der Waals surface area contributed by atoms with Gasteiger partial charge in [-0.25, -0.2) is 17.6 Å². The monoisotopic (exact) mass is 693 g/mol. The van der Waals surface area contributed by atoms with E-state index in [0.717, 1.165) is 26.2 Å². The van der Waals surface area contributed by atoms with Crippen LogP contribution in [0.15, 0.2) is 58.0 Å². The third-order valence-electron chi connectivity index (χ3n) is 8.38. The van der Waals surface area contributed by atoms with Gasteiger partial charge in [-0.15, -0.1) is 19.1 Å². The van der Waals surface area contributed by atoms with Gasteiger partial charge in [-0.05, 0) is 74.6 Å². The minimum absolute atomic E-state index is 0.00295. The highest BCUT2D eigenvalue weighted by Crippen LogP contribution is 2.57. The molecule has 0 amide bonds. The number of hydrogen-bond donors (Lipinski definition) is 3. The summed E-state index contributed by atoms with van der Waals surface area (Å²) in [6.07, 6.45) is 6.90. The van der Waals surface area contributed by atoms with Gasteiger partial charge in [0.15, 0.2) is 7.85 Å². The number of alkyl halides is 5. The molecule has 1 fully saturated rings. The van der Waals surface area contributed by atoms with Crippen LogP contribution in [0.3, 0.4) is 0 Å². The van der Waals surface area contributed by atoms with Gasteiger partial charge in [0, 0.05) is 66.9 Å². The highest BCUT2D eigenvalue weighted by Gasteiger charge is 2.42. The summed E-state index contributed by atoms with van der Waals surface area (Å²) in [7, 11) is 2.16. The first-order chi connectivity index (χ1) is 22.1. The van der Waals surface area contributed by atoms with E-state index in [0.29, 0.717) is 22.3 Å². The molecule has 3 aromatic rings. The lowest BCUT2D eigenvalue weighted by molar-refractivity contribution is 0.0941. The van der Waals surface area contributed by atoms with E-state index in [1.54, 1.807) is 6.92 Å². The molecule has 0 radical (unpaired) electrons. The quantitative estimate of drug-likeness (QED) is 0.0338. The molecule has 1 saturated carbocycles. The molecule has 0 bridgehead atoms. The van der Waals surface area contributed by atoms with E-state index in [-0.39, 0.29) is 71.8 Å². The fourth-order valence-electron chi connectivity index (χ4n) is 5.97. The average Bonchev–Trinajstić information content (AvgIpc) is 3.71. The number of hydrogen-bond acceptors (Lipinski definition) is 4. The number of terminal acetylenes is 1. The van der Waals surface area contributed by atoms with E-state index >= 15 is 8.78 Å². The molecule has 1 aliphatic rings. The number of nitriles is 1. The van der Waals surface area contributed by atoms with Crippen molar-refractivity contribution in [1.82, 2.24) is 0 Å². The summed E-state index contributed by atoms with van der Waals surface area (Å²) >= 11 is 4.61. The Hall–Kier alpha value is -4.18. The van der Waals surface area contributed by atoms with Crippen molar-refractivity contribution in [2.75, 3.05) is 5.73 Å². The fourth-order valence-corrected chi connectivity index (χ4v) is 6.54. The summed E-state index contributed by atoms with van der Waals surface area (Å²) in [6.45, 7) is 6.96. The predicted molar refractivity (Wildman–Crippen MR) is 189 cm³/mol. The van der Waals surface area contributed by atoms with Gasteiger partial charge in [-0.3, -0.25) is 0 Å². The molecule has 4 rings (SSSR count). The minimum Gasteiger partial charge on any atom is -0.398 e. The summed E-state index contributed by atoms with van der Waals surface area (Å²) < 4.78 is 87.5. The largest absolute Gasteiger partial charge is 0.398 e. The molecular weight excluding hydrogens is 662 g/mol. The topological polar surface area (TPSA) is 73.7 Å². The van der Waals surface area contributed by atoms with Crippen LogP contribution in [0.5, 0.6) is 0 Å². The van der Waals surface area contributed by atoms with Gasteiger partial charge in [0.05, 0.1) is 5.57 Å². The molecule has 0 spiro atoms. The number of nitrogens with one attached hydrogen (secondary N) is 1. The van der Waals surface area contributed by atoms with E-state index in [2.05, 4.69) is 24.6 Å². The Morgan fingerprint density at radius 2 is 1.54 bits per heavy atom. The molecule has 1 aliphatic carbocycles. The number of halogens is 6. The van der Waals surface area contributed by atoms with Gasteiger partial charge in [0.1, 0.15) is 17.6 Å². The van der Waals surface area contributed by atoms with Crippen molar-refractivity contribution >= 4 is 58.3 Å². The minimum atomic E-state index is -3.25. The van der Waals surface area contributed by atoms with Crippen molar-refractivity contribution in [3.05, 3.63) is 109 Å². The number of thiol groups is 1. The van der Waals surface area contributed by atoms with Crippen molar-refractivity contribution in [2.45, 2.75) is 56.7 Å². The second-order valence-corrected chi connectivity index (χ2v) is 13.3. The molecule has 246 valence electrons. The van der Waals surface area contributed by atoms with Crippen LogP contribution in [-0.2, 0) is 17.2 Å². The number of nitrogens with zero attached hydrogens (tertiary/aromatic N) is 1. The Morgan fingerprint density at radius 1 is 0.979 bits per heavy atom. The van der Waals surface area contributed by atoms with Gasteiger partial charge >= 0.3 is 0 Å². The molecule has 48 heavy (non-hydrogen) atoms. The van der Waals surface area contributed by atoms with E-state index in [1.807, 2.05) is 0 Å². The zero-order valence-corrected chi connectivity index (χ0v) is 29.0. The molecular formula is C36H31BF6N3PS. The zero-order valence-electron chi connectivity index (χ0n) is 26.9. The number of benzene rings is 3. The first-order valence-electron chi connectivity index (χ1n) is 14.5. The highest BCUT2D eigenvalue weighted by atomic mass is 32.1. The number of nitrogen functional groups attached to an aromatic ring is 1. The molecule has 0 heterocycles. The number of rotatable bonds is 7. The van der Waals surface area contributed by atoms with Crippen molar-refractivity contribution in [3.63, 3.8) is 0 Å². The molecule has 3 nitrogen and oxygen atoms in total. The molecule has 3 N–H and O–H groups in total. The van der Waals surface area contributed by atoms with Crippen LogP contribution >= 0.6 is 21.9 Å². The smallest absolute Gasteiger partial charge is 0.283 e. The maximum atomic E-state index is 15.9. The van der Waals surface area contributed by atoms with Crippen molar-refractivity contribution in [3.8, 4) is 18.4 Å². The number of anilines is 1. The summed E-state index contributed by atoms with van der Waals surface area (Å²) in [5.74, 6) is -1.49. The standard InChI is InChI=1S/C36H31BF6N3PS/c1-7-22(24-11-8-20(35(37,40)41)12-19(24)14-44)29-28(16(2)23-10-9-21(13-26(23)46)36(42,43)47)30(29)25(15-45)27-17(3)32(38)31(34(5,6)39)18(4)33(27)48/h1,8-14,44,48H,37,46-47H2,2-6H3/b28-16+,29-22-,30-25?,44-14?. The maximum Gasteiger partial charge on any atom is 0.283 e. The summed E-state index contributed by atoms with van der Waals surface area (Å²) in [5, 5.41) is 18.6. The van der Waals surface area contributed by atoms with Crippen LogP contribution in [0.1, 0.15) is 70.8 Å². The van der Waals surface area contributed by atoms with Crippen LogP contribution in [0.2, 0.25) is 0 Å². The molecule has 0 saturated heterocycles. The van der Waals surface area contributed by atoms with Gasteiger partial charge in [-0.1, -0.05) is 39.4 Å². The Labute approximate surface area is 284 Å².